The second-order valence-corrected chi connectivity index (χ2v) is 6.40. The van der Waals surface area contributed by atoms with Crippen molar-refractivity contribution in [2.24, 2.45) is 5.92 Å². The van der Waals surface area contributed by atoms with Crippen LogP contribution in [0.5, 0.6) is 5.75 Å². The number of piperidine rings is 1. The lowest BCUT2D eigenvalue weighted by molar-refractivity contribution is 0.0793. The van der Waals surface area contributed by atoms with E-state index in [9.17, 15) is 14.3 Å². The highest BCUT2D eigenvalue weighted by molar-refractivity contribution is 5.97. The summed E-state index contributed by atoms with van der Waals surface area (Å²) >= 11 is 0. The van der Waals surface area contributed by atoms with Gasteiger partial charge in [-0.1, -0.05) is 13.0 Å². The number of nitrogens with one attached hydrogen (secondary N) is 1. The fourth-order valence-corrected chi connectivity index (χ4v) is 2.89. The van der Waals surface area contributed by atoms with Gasteiger partial charge in [0, 0.05) is 13.1 Å². The quantitative estimate of drug-likeness (QED) is 0.799. The third kappa shape index (κ3) is 5.18. The molecule has 1 aliphatic heterocycles. The number of benzene rings is 1. The Balaban J connectivity index is 1.85. The molecule has 0 saturated carbocycles. The fraction of sp³-hybridized carbons (Fsp3) is 0.611. The summed E-state index contributed by atoms with van der Waals surface area (Å²) in [6, 6.07) is 4.24. The molecular weight excluding hydrogens is 311 g/mol. The Morgan fingerprint density at radius 3 is 2.83 bits per heavy atom. The molecule has 1 heterocycles. The standard InChI is InChI=1S/C18H27FN2O3/c1-3-24-17-15(5-4-6-16(17)19)18(23)20-11-14(22)12-21-9-7-13(2)8-10-21/h4-6,13-14,22H,3,7-12H2,1-2H3,(H,20,23). The lowest BCUT2D eigenvalue weighted by atomic mass is 9.99. The van der Waals surface area contributed by atoms with Gasteiger partial charge in [-0.2, -0.15) is 0 Å². The molecule has 1 fully saturated rings. The van der Waals surface area contributed by atoms with Crippen molar-refractivity contribution in [1.82, 2.24) is 10.2 Å². The SMILES string of the molecule is CCOc1c(F)cccc1C(=O)NCC(O)CN1CCC(C)CC1. The van der Waals surface area contributed by atoms with Crippen molar-refractivity contribution in [3.05, 3.63) is 29.6 Å². The minimum absolute atomic E-state index is 0.0444. The van der Waals surface area contributed by atoms with E-state index in [4.69, 9.17) is 4.74 Å². The van der Waals surface area contributed by atoms with E-state index in [0.29, 0.717) is 6.54 Å². The van der Waals surface area contributed by atoms with Crippen LogP contribution in [-0.2, 0) is 0 Å². The first-order chi connectivity index (χ1) is 11.5. The van der Waals surface area contributed by atoms with Gasteiger partial charge in [0.05, 0.1) is 18.3 Å². The van der Waals surface area contributed by atoms with Gasteiger partial charge >= 0.3 is 0 Å². The fourth-order valence-electron chi connectivity index (χ4n) is 2.89. The summed E-state index contributed by atoms with van der Waals surface area (Å²) in [7, 11) is 0. The Morgan fingerprint density at radius 2 is 2.17 bits per heavy atom. The molecule has 2 rings (SSSR count). The number of hydrogen-bond acceptors (Lipinski definition) is 4. The number of nitrogens with zero attached hydrogens (tertiary/aromatic N) is 1. The molecule has 6 heteroatoms. The number of aliphatic hydroxyl groups is 1. The first-order valence-corrected chi connectivity index (χ1v) is 8.61. The van der Waals surface area contributed by atoms with Gasteiger partial charge in [-0.25, -0.2) is 4.39 Å². The largest absolute Gasteiger partial charge is 0.490 e. The van der Waals surface area contributed by atoms with Crippen LogP contribution in [0.25, 0.3) is 0 Å². The van der Waals surface area contributed by atoms with E-state index in [0.717, 1.165) is 31.8 Å². The second-order valence-electron chi connectivity index (χ2n) is 6.40. The van der Waals surface area contributed by atoms with Crippen LogP contribution >= 0.6 is 0 Å². The number of amides is 1. The average molecular weight is 338 g/mol. The number of rotatable bonds is 7. The van der Waals surface area contributed by atoms with E-state index in [1.807, 2.05) is 0 Å². The molecule has 1 aromatic carbocycles. The number of β-amino-alcohol motifs (C(OH)–C–C–N with tert-alkyl or cyclic N) is 1. The minimum atomic E-state index is -0.647. The van der Waals surface area contributed by atoms with Gasteiger partial charge in [-0.3, -0.25) is 4.79 Å². The zero-order chi connectivity index (χ0) is 17.5. The molecule has 1 aliphatic rings. The highest BCUT2D eigenvalue weighted by Gasteiger charge is 2.20. The average Bonchev–Trinajstić information content (AvgIpc) is 2.57. The van der Waals surface area contributed by atoms with Crippen LogP contribution < -0.4 is 10.1 Å². The molecule has 0 bridgehead atoms. The summed E-state index contributed by atoms with van der Waals surface area (Å²) < 4.78 is 19.0. The lowest BCUT2D eigenvalue weighted by Gasteiger charge is -2.31. The number of carbonyl (C=O) groups is 1. The third-order valence-corrected chi connectivity index (χ3v) is 4.34. The highest BCUT2D eigenvalue weighted by Crippen LogP contribution is 2.22. The van der Waals surface area contributed by atoms with Gasteiger partial charge in [0.1, 0.15) is 0 Å². The summed E-state index contributed by atoms with van der Waals surface area (Å²) in [6.45, 7) is 6.87. The third-order valence-electron chi connectivity index (χ3n) is 4.34. The number of para-hydroxylation sites is 1. The van der Waals surface area contributed by atoms with Crippen molar-refractivity contribution in [1.29, 1.82) is 0 Å². The van der Waals surface area contributed by atoms with Gasteiger partial charge in [0.15, 0.2) is 11.6 Å². The van der Waals surface area contributed by atoms with Crippen LogP contribution in [0.4, 0.5) is 4.39 Å². The van der Waals surface area contributed by atoms with Crippen molar-refractivity contribution >= 4 is 5.91 Å². The lowest BCUT2D eigenvalue weighted by Crippen LogP contribution is -2.43. The van der Waals surface area contributed by atoms with Crippen LogP contribution in [0.3, 0.4) is 0 Å². The van der Waals surface area contributed by atoms with Crippen molar-refractivity contribution in [2.75, 3.05) is 32.8 Å². The Kier molecular flexibility index (Phi) is 6.99. The summed E-state index contributed by atoms with van der Waals surface area (Å²) in [4.78, 5) is 14.5. The van der Waals surface area contributed by atoms with Gasteiger partial charge < -0.3 is 20.1 Å². The molecule has 24 heavy (non-hydrogen) atoms. The molecular formula is C18H27FN2O3. The summed E-state index contributed by atoms with van der Waals surface area (Å²) in [5.74, 6) is -0.309. The van der Waals surface area contributed by atoms with Gasteiger partial charge in [0.25, 0.3) is 5.91 Å². The molecule has 0 aliphatic carbocycles. The van der Waals surface area contributed by atoms with Crippen LogP contribution in [0.2, 0.25) is 0 Å². The number of carbonyl (C=O) groups excluding carboxylic acids is 1. The molecule has 1 unspecified atom stereocenters. The van der Waals surface area contributed by atoms with Crippen molar-refractivity contribution < 1.29 is 19.0 Å². The molecule has 5 nitrogen and oxygen atoms in total. The van der Waals surface area contributed by atoms with Gasteiger partial charge in [0.2, 0.25) is 0 Å². The number of hydrogen-bond donors (Lipinski definition) is 2. The molecule has 0 radical (unpaired) electrons. The number of halogens is 1. The van der Waals surface area contributed by atoms with E-state index in [1.165, 1.54) is 18.2 Å². The predicted molar refractivity (Wildman–Crippen MR) is 90.7 cm³/mol. The van der Waals surface area contributed by atoms with Crippen LogP contribution in [0.15, 0.2) is 18.2 Å². The maximum atomic E-state index is 13.8. The van der Waals surface area contributed by atoms with Crippen LogP contribution in [-0.4, -0.2) is 54.8 Å². The number of aliphatic hydroxyl groups excluding tert-OH is 1. The van der Waals surface area contributed by atoms with Crippen LogP contribution in [0.1, 0.15) is 37.0 Å². The molecule has 1 saturated heterocycles. The van der Waals surface area contributed by atoms with Crippen molar-refractivity contribution in [3.8, 4) is 5.75 Å². The summed E-state index contributed by atoms with van der Waals surface area (Å²) in [6.07, 6.45) is 1.63. The maximum absolute atomic E-state index is 13.8. The highest BCUT2D eigenvalue weighted by atomic mass is 19.1. The van der Waals surface area contributed by atoms with E-state index < -0.39 is 17.8 Å². The smallest absolute Gasteiger partial charge is 0.255 e. The van der Waals surface area contributed by atoms with E-state index in [2.05, 4.69) is 17.1 Å². The zero-order valence-corrected chi connectivity index (χ0v) is 14.4. The molecule has 1 amide bonds. The summed E-state index contributed by atoms with van der Waals surface area (Å²) in [5.41, 5.74) is 0.149. The minimum Gasteiger partial charge on any atom is -0.490 e. The Bertz CT molecular complexity index is 545. The molecule has 1 aromatic rings. The Morgan fingerprint density at radius 1 is 1.46 bits per heavy atom. The number of ether oxygens (including phenoxy) is 1. The summed E-state index contributed by atoms with van der Waals surface area (Å²) in [5, 5.41) is 12.8. The predicted octanol–water partition coefficient (Wildman–Crippen LogP) is 2.05. The normalized spacial score (nSPS) is 17.5. The van der Waals surface area contributed by atoms with Crippen LogP contribution in [0, 0.1) is 11.7 Å². The Hall–Kier alpha value is -1.66. The molecule has 134 valence electrons. The molecule has 0 aromatic heterocycles. The number of likely N-dealkylation sites (tertiary alicyclic amines) is 1. The monoisotopic (exact) mass is 338 g/mol. The zero-order valence-electron chi connectivity index (χ0n) is 14.4. The van der Waals surface area contributed by atoms with Gasteiger partial charge in [-0.05, 0) is 50.9 Å². The first-order valence-electron chi connectivity index (χ1n) is 8.61. The topological polar surface area (TPSA) is 61.8 Å². The second kappa shape index (κ2) is 8.99. The Labute approximate surface area is 142 Å². The van der Waals surface area contributed by atoms with Crippen molar-refractivity contribution in [2.45, 2.75) is 32.8 Å². The van der Waals surface area contributed by atoms with E-state index in [-0.39, 0.29) is 24.5 Å². The van der Waals surface area contributed by atoms with E-state index >= 15 is 0 Å². The molecule has 0 spiro atoms. The van der Waals surface area contributed by atoms with Crippen molar-refractivity contribution in [3.63, 3.8) is 0 Å². The molecule has 2 N–H and O–H groups in total. The van der Waals surface area contributed by atoms with E-state index in [1.54, 1.807) is 6.92 Å². The first kappa shape index (κ1) is 18.7. The van der Waals surface area contributed by atoms with Gasteiger partial charge in [-0.15, -0.1) is 0 Å². The maximum Gasteiger partial charge on any atom is 0.255 e. The molecule has 1 atom stereocenters.